The van der Waals surface area contributed by atoms with Crippen molar-refractivity contribution in [1.82, 2.24) is 10.2 Å². The van der Waals surface area contributed by atoms with Gasteiger partial charge in [-0.25, -0.2) is 0 Å². The van der Waals surface area contributed by atoms with Gasteiger partial charge in [-0.05, 0) is 46.7 Å². The van der Waals surface area contributed by atoms with Crippen LogP contribution in [0.3, 0.4) is 0 Å². The van der Waals surface area contributed by atoms with Crippen molar-refractivity contribution in [2.24, 2.45) is 0 Å². The summed E-state index contributed by atoms with van der Waals surface area (Å²) in [5.74, 6) is 0. The predicted molar refractivity (Wildman–Crippen MR) is 69.3 cm³/mol. The molecule has 0 heterocycles. The summed E-state index contributed by atoms with van der Waals surface area (Å²) in [7, 11) is 2.14. The van der Waals surface area contributed by atoms with E-state index >= 15 is 0 Å². The lowest BCUT2D eigenvalue weighted by molar-refractivity contribution is 0.147. The number of nitriles is 1. The van der Waals surface area contributed by atoms with Crippen LogP contribution in [0, 0.1) is 11.3 Å². The Morgan fingerprint density at radius 3 is 2.44 bits per heavy atom. The van der Waals surface area contributed by atoms with E-state index in [-0.39, 0.29) is 11.6 Å². The third-order valence-electron chi connectivity index (χ3n) is 3.45. The fourth-order valence-corrected chi connectivity index (χ4v) is 1.43. The summed E-state index contributed by atoms with van der Waals surface area (Å²) in [6.07, 6.45) is 3.11. The molecule has 0 saturated heterocycles. The lowest BCUT2D eigenvalue weighted by atomic mass is 9.99. The van der Waals surface area contributed by atoms with Crippen molar-refractivity contribution in [3.8, 4) is 6.07 Å². The van der Waals surface area contributed by atoms with Gasteiger partial charge < -0.3 is 10.2 Å². The highest BCUT2D eigenvalue weighted by Gasteiger charge is 2.21. The molecule has 94 valence electrons. The molecule has 1 unspecified atom stereocenters. The zero-order chi connectivity index (χ0) is 12.6. The van der Waals surface area contributed by atoms with Crippen LogP contribution in [0.15, 0.2) is 0 Å². The predicted octanol–water partition coefficient (Wildman–Crippen LogP) is 2.39. The van der Waals surface area contributed by atoms with Gasteiger partial charge in [-0.3, -0.25) is 0 Å². The quantitative estimate of drug-likeness (QED) is 0.689. The maximum absolute atomic E-state index is 8.99. The fraction of sp³-hybridized carbons (Fsp3) is 0.923. The number of nitrogens with zero attached hydrogens (tertiary/aromatic N) is 2. The highest BCUT2D eigenvalue weighted by molar-refractivity contribution is 4.91. The molecule has 0 amide bonds. The van der Waals surface area contributed by atoms with Crippen LogP contribution in [0.2, 0.25) is 0 Å². The number of hydrogen-bond acceptors (Lipinski definition) is 3. The molecule has 0 aromatic heterocycles. The molecule has 0 aliphatic carbocycles. The van der Waals surface area contributed by atoms with Gasteiger partial charge in [0.05, 0.1) is 12.1 Å². The van der Waals surface area contributed by atoms with Gasteiger partial charge in [0.15, 0.2) is 0 Å². The highest BCUT2D eigenvalue weighted by atomic mass is 15.2. The van der Waals surface area contributed by atoms with Crippen LogP contribution in [-0.2, 0) is 0 Å². The standard InChI is InChI=1S/C13H27N3/c1-6-9-15-12(11-14)8-10-16(5)13(3,4)7-2/h12,15H,6-10H2,1-5H3. The van der Waals surface area contributed by atoms with Gasteiger partial charge in [0.1, 0.15) is 0 Å². The van der Waals surface area contributed by atoms with Crippen LogP contribution in [-0.4, -0.2) is 36.6 Å². The third-order valence-corrected chi connectivity index (χ3v) is 3.45. The molecule has 0 aromatic rings. The van der Waals surface area contributed by atoms with E-state index in [2.05, 4.69) is 51.0 Å². The summed E-state index contributed by atoms with van der Waals surface area (Å²) in [6, 6.07) is 2.32. The van der Waals surface area contributed by atoms with Crippen LogP contribution in [0.1, 0.15) is 47.0 Å². The van der Waals surface area contributed by atoms with Gasteiger partial charge in [-0.2, -0.15) is 5.26 Å². The largest absolute Gasteiger partial charge is 0.302 e. The number of hydrogen-bond donors (Lipinski definition) is 1. The lowest BCUT2D eigenvalue weighted by Crippen LogP contribution is -2.43. The molecule has 0 aliphatic rings. The highest BCUT2D eigenvalue weighted by Crippen LogP contribution is 2.16. The smallest absolute Gasteiger partial charge is 0.0965 e. The summed E-state index contributed by atoms with van der Waals surface area (Å²) in [5.41, 5.74) is 0.227. The van der Waals surface area contributed by atoms with E-state index in [0.717, 1.165) is 32.4 Å². The summed E-state index contributed by atoms with van der Waals surface area (Å²) < 4.78 is 0. The Kier molecular flexibility index (Phi) is 7.36. The van der Waals surface area contributed by atoms with E-state index in [1.807, 2.05) is 0 Å². The molecule has 16 heavy (non-hydrogen) atoms. The second-order valence-electron chi connectivity index (χ2n) is 5.01. The molecule has 1 atom stereocenters. The van der Waals surface area contributed by atoms with E-state index in [1.54, 1.807) is 0 Å². The van der Waals surface area contributed by atoms with Gasteiger partial charge in [0, 0.05) is 12.1 Å². The Balaban J connectivity index is 3.98. The average molecular weight is 225 g/mol. The second kappa shape index (κ2) is 7.65. The summed E-state index contributed by atoms with van der Waals surface area (Å²) in [4.78, 5) is 2.34. The first-order valence-corrected chi connectivity index (χ1v) is 6.32. The van der Waals surface area contributed by atoms with Crippen molar-refractivity contribution >= 4 is 0 Å². The molecule has 0 saturated carbocycles. The minimum atomic E-state index is -0.00458. The van der Waals surface area contributed by atoms with Crippen LogP contribution in [0.4, 0.5) is 0 Å². The van der Waals surface area contributed by atoms with Crippen molar-refractivity contribution in [2.75, 3.05) is 20.1 Å². The lowest BCUT2D eigenvalue weighted by Gasteiger charge is -2.35. The van der Waals surface area contributed by atoms with Crippen molar-refractivity contribution < 1.29 is 0 Å². The maximum atomic E-state index is 8.99. The van der Waals surface area contributed by atoms with E-state index in [1.165, 1.54) is 0 Å². The zero-order valence-corrected chi connectivity index (χ0v) is 11.5. The van der Waals surface area contributed by atoms with Crippen molar-refractivity contribution in [3.63, 3.8) is 0 Å². The maximum Gasteiger partial charge on any atom is 0.0965 e. The van der Waals surface area contributed by atoms with E-state index in [0.29, 0.717) is 0 Å². The molecule has 0 spiro atoms. The van der Waals surface area contributed by atoms with E-state index in [4.69, 9.17) is 5.26 Å². The molecule has 0 aliphatic heterocycles. The van der Waals surface area contributed by atoms with Crippen LogP contribution in [0.5, 0.6) is 0 Å². The van der Waals surface area contributed by atoms with Crippen LogP contribution in [0.25, 0.3) is 0 Å². The fourth-order valence-electron chi connectivity index (χ4n) is 1.43. The van der Waals surface area contributed by atoms with Crippen LogP contribution < -0.4 is 5.32 Å². The third kappa shape index (κ3) is 5.48. The molecular formula is C13H27N3. The van der Waals surface area contributed by atoms with Gasteiger partial charge in [0.2, 0.25) is 0 Å². The first-order chi connectivity index (χ1) is 7.47. The molecule has 1 N–H and O–H groups in total. The topological polar surface area (TPSA) is 39.1 Å². The van der Waals surface area contributed by atoms with Crippen molar-refractivity contribution in [1.29, 1.82) is 5.26 Å². The molecular weight excluding hydrogens is 198 g/mol. The molecule has 0 aromatic carbocycles. The SMILES string of the molecule is CCCNC(C#N)CCN(C)C(C)(C)CC. The molecule has 3 nitrogen and oxygen atoms in total. The summed E-state index contributed by atoms with van der Waals surface area (Å²) in [6.45, 7) is 10.7. The number of rotatable bonds is 8. The Labute approximate surface area is 101 Å². The Bertz CT molecular complexity index is 218. The van der Waals surface area contributed by atoms with Gasteiger partial charge in [0.25, 0.3) is 0 Å². The Morgan fingerprint density at radius 1 is 1.38 bits per heavy atom. The van der Waals surface area contributed by atoms with Crippen LogP contribution >= 0.6 is 0 Å². The Hall–Kier alpha value is -0.590. The first kappa shape index (κ1) is 15.4. The minimum Gasteiger partial charge on any atom is -0.302 e. The minimum absolute atomic E-state index is 0.00458. The van der Waals surface area contributed by atoms with E-state index in [9.17, 15) is 0 Å². The van der Waals surface area contributed by atoms with E-state index < -0.39 is 0 Å². The summed E-state index contributed by atoms with van der Waals surface area (Å²) in [5, 5.41) is 12.3. The molecule has 3 heteroatoms. The second-order valence-corrected chi connectivity index (χ2v) is 5.01. The molecule has 0 fully saturated rings. The van der Waals surface area contributed by atoms with Crippen molar-refractivity contribution in [2.45, 2.75) is 58.5 Å². The average Bonchev–Trinajstić information content (AvgIpc) is 2.28. The Morgan fingerprint density at radius 2 is 2.00 bits per heavy atom. The first-order valence-electron chi connectivity index (χ1n) is 6.32. The molecule has 0 rings (SSSR count). The molecule has 0 bridgehead atoms. The van der Waals surface area contributed by atoms with Gasteiger partial charge in [-0.1, -0.05) is 13.8 Å². The monoisotopic (exact) mass is 225 g/mol. The number of nitrogens with one attached hydrogen (secondary N) is 1. The van der Waals surface area contributed by atoms with Gasteiger partial charge >= 0.3 is 0 Å². The van der Waals surface area contributed by atoms with Gasteiger partial charge in [-0.15, -0.1) is 0 Å². The normalized spacial score (nSPS) is 13.8. The zero-order valence-electron chi connectivity index (χ0n) is 11.5. The molecule has 0 radical (unpaired) electrons. The summed E-state index contributed by atoms with van der Waals surface area (Å²) >= 11 is 0. The van der Waals surface area contributed by atoms with Crippen molar-refractivity contribution in [3.05, 3.63) is 0 Å².